The molecule has 0 bridgehead atoms. The van der Waals surface area contributed by atoms with E-state index in [4.69, 9.17) is 9.84 Å². The van der Waals surface area contributed by atoms with Gasteiger partial charge in [0.25, 0.3) is 0 Å². The largest absolute Gasteiger partial charge is 0.829 e. The number of aliphatic hydroxyl groups excluding tert-OH is 2. The molecule has 0 fully saturated rings. The van der Waals surface area contributed by atoms with Crippen LogP contribution in [-0.2, 0) is 4.74 Å². The van der Waals surface area contributed by atoms with Gasteiger partial charge in [-0.1, -0.05) is 13.8 Å². The molecule has 4 nitrogen and oxygen atoms in total. The molecule has 0 aliphatic heterocycles. The number of hydrogen-bond acceptors (Lipinski definition) is 4. The Labute approximate surface area is 83.3 Å². The maximum atomic E-state index is 12.5. The molecule has 0 rings (SSSR count). The molecule has 3 unspecified atom stereocenters. The third-order valence-electron chi connectivity index (χ3n) is 1.67. The summed E-state index contributed by atoms with van der Waals surface area (Å²) in [5.41, 5.74) is 0. The topological polar surface area (TPSA) is 72.8 Å². The number of rotatable bonds is 6. The molecule has 0 aliphatic carbocycles. The standard InChI is InChI=1S/C9H18FO4/c1-6(10)8(12)4-7(11)5-14-9(2,3)13/h6-8,11-12H,4-5H2,1-3H3/q-1. The predicted octanol–water partition coefficient (Wildman–Crippen LogP) is -0.431. The second kappa shape index (κ2) is 5.60. The monoisotopic (exact) mass is 209 g/mol. The lowest BCUT2D eigenvalue weighted by Crippen LogP contribution is -2.42. The molecule has 3 atom stereocenters. The summed E-state index contributed by atoms with van der Waals surface area (Å²) in [6.07, 6.45) is -3.77. The molecule has 5 heteroatoms. The lowest BCUT2D eigenvalue weighted by Gasteiger charge is -2.32. The van der Waals surface area contributed by atoms with Gasteiger partial charge in [-0.05, 0) is 12.7 Å². The van der Waals surface area contributed by atoms with E-state index in [0.717, 1.165) is 0 Å². The first-order valence-corrected chi connectivity index (χ1v) is 4.57. The minimum Gasteiger partial charge on any atom is -0.829 e. The van der Waals surface area contributed by atoms with E-state index in [-0.39, 0.29) is 13.0 Å². The molecule has 2 N–H and O–H groups in total. The Balaban J connectivity index is 3.71. The Hall–Kier alpha value is -0.230. The zero-order valence-corrected chi connectivity index (χ0v) is 8.74. The molecule has 0 amide bonds. The van der Waals surface area contributed by atoms with Crippen LogP contribution < -0.4 is 5.11 Å². The van der Waals surface area contributed by atoms with Crippen molar-refractivity contribution in [3.8, 4) is 0 Å². The van der Waals surface area contributed by atoms with E-state index in [9.17, 15) is 14.6 Å². The molecule has 0 saturated heterocycles. The zero-order valence-electron chi connectivity index (χ0n) is 8.74. The van der Waals surface area contributed by atoms with Crippen molar-refractivity contribution in [1.82, 2.24) is 0 Å². The van der Waals surface area contributed by atoms with Crippen LogP contribution in [0.1, 0.15) is 27.2 Å². The molecule has 0 radical (unpaired) electrons. The Morgan fingerprint density at radius 2 is 1.93 bits per heavy atom. The second-order valence-electron chi connectivity index (χ2n) is 3.85. The molecule has 0 aromatic heterocycles. The molecule has 0 spiro atoms. The summed E-state index contributed by atoms with van der Waals surface area (Å²) in [5.74, 6) is -1.58. The van der Waals surface area contributed by atoms with E-state index in [2.05, 4.69) is 0 Å². The van der Waals surface area contributed by atoms with E-state index in [0.29, 0.717) is 0 Å². The minimum atomic E-state index is -1.58. The fourth-order valence-corrected chi connectivity index (χ4v) is 0.831. The van der Waals surface area contributed by atoms with E-state index in [1.54, 1.807) is 0 Å². The number of aliphatic hydroxyl groups is 2. The van der Waals surface area contributed by atoms with Gasteiger partial charge in [0.15, 0.2) is 0 Å². The summed E-state index contributed by atoms with van der Waals surface area (Å²) < 4.78 is 17.2. The van der Waals surface area contributed by atoms with Crippen LogP contribution in [0.15, 0.2) is 0 Å². The van der Waals surface area contributed by atoms with Gasteiger partial charge in [0.2, 0.25) is 0 Å². The van der Waals surface area contributed by atoms with Gasteiger partial charge < -0.3 is 20.1 Å². The third kappa shape index (κ3) is 7.20. The molecule has 0 aromatic carbocycles. The maximum absolute atomic E-state index is 12.5. The van der Waals surface area contributed by atoms with Gasteiger partial charge in [0.1, 0.15) is 6.17 Å². The van der Waals surface area contributed by atoms with Gasteiger partial charge in [0.05, 0.1) is 18.8 Å². The first kappa shape index (κ1) is 13.8. The van der Waals surface area contributed by atoms with Gasteiger partial charge in [0, 0.05) is 6.42 Å². The fraction of sp³-hybridized carbons (Fsp3) is 1.00. The smallest absolute Gasteiger partial charge is 0.123 e. The fourth-order valence-electron chi connectivity index (χ4n) is 0.831. The van der Waals surface area contributed by atoms with Crippen molar-refractivity contribution in [2.75, 3.05) is 6.61 Å². The van der Waals surface area contributed by atoms with Crippen molar-refractivity contribution in [3.05, 3.63) is 0 Å². The summed E-state index contributed by atoms with van der Waals surface area (Å²) in [6.45, 7) is 3.64. The maximum Gasteiger partial charge on any atom is 0.123 e. The van der Waals surface area contributed by atoms with Crippen molar-refractivity contribution in [2.24, 2.45) is 0 Å². The number of ether oxygens (including phenoxy) is 1. The first-order chi connectivity index (χ1) is 6.22. The SMILES string of the molecule is CC(F)C(O)CC(O)COC(C)(C)[O-]. The molecule has 0 saturated carbocycles. The molecule has 0 aliphatic rings. The van der Waals surface area contributed by atoms with Crippen LogP contribution in [0.5, 0.6) is 0 Å². The third-order valence-corrected chi connectivity index (χ3v) is 1.67. The van der Waals surface area contributed by atoms with Crippen LogP contribution in [0, 0.1) is 0 Å². The highest BCUT2D eigenvalue weighted by Gasteiger charge is 2.18. The van der Waals surface area contributed by atoms with Crippen molar-refractivity contribution >= 4 is 0 Å². The van der Waals surface area contributed by atoms with Crippen LogP contribution in [-0.4, -0.2) is 41.0 Å². The highest BCUT2D eigenvalue weighted by Crippen LogP contribution is 2.08. The number of halogens is 1. The Morgan fingerprint density at radius 1 is 1.43 bits per heavy atom. The molecular weight excluding hydrogens is 191 g/mol. The van der Waals surface area contributed by atoms with Gasteiger partial charge in [-0.25, -0.2) is 4.39 Å². The number of hydrogen-bond donors (Lipinski definition) is 2. The Kier molecular flexibility index (Phi) is 5.51. The van der Waals surface area contributed by atoms with Crippen molar-refractivity contribution in [1.29, 1.82) is 0 Å². The van der Waals surface area contributed by atoms with Crippen LogP contribution in [0.25, 0.3) is 0 Å². The lowest BCUT2D eigenvalue weighted by atomic mass is 10.1. The van der Waals surface area contributed by atoms with E-state index in [1.165, 1.54) is 20.8 Å². The number of alkyl halides is 1. The average molecular weight is 209 g/mol. The molecule has 86 valence electrons. The van der Waals surface area contributed by atoms with E-state index in [1.807, 2.05) is 0 Å². The van der Waals surface area contributed by atoms with Crippen LogP contribution >= 0.6 is 0 Å². The Morgan fingerprint density at radius 3 is 2.29 bits per heavy atom. The predicted molar refractivity (Wildman–Crippen MR) is 47.2 cm³/mol. The summed E-state index contributed by atoms with van der Waals surface area (Å²) >= 11 is 0. The molecule has 14 heavy (non-hydrogen) atoms. The van der Waals surface area contributed by atoms with Crippen LogP contribution in [0.4, 0.5) is 4.39 Å². The van der Waals surface area contributed by atoms with Crippen molar-refractivity contribution < 1.29 is 24.4 Å². The average Bonchev–Trinajstić information content (AvgIpc) is 1.99. The van der Waals surface area contributed by atoms with Gasteiger partial charge in [-0.3, -0.25) is 0 Å². The normalized spacial score (nSPS) is 19.1. The quantitative estimate of drug-likeness (QED) is 0.582. The molecular formula is C9H18FO4-. The van der Waals surface area contributed by atoms with Gasteiger partial charge in [-0.2, -0.15) is 0 Å². The highest BCUT2D eigenvalue weighted by molar-refractivity contribution is 4.68. The summed E-state index contributed by atoms with van der Waals surface area (Å²) in [4.78, 5) is 0. The van der Waals surface area contributed by atoms with E-state index >= 15 is 0 Å². The van der Waals surface area contributed by atoms with Gasteiger partial charge in [-0.15, -0.1) is 0 Å². The summed E-state index contributed by atoms with van der Waals surface area (Å²) in [6, 6.07) is 0. The lowest BCUT2D eigenvalue weighted by molar-refractivity contribution is -0.544. The highest BCUT2D eigenvalue weighted by atomic mass is 19.1. The first-order valence-electron chi connectivity index (χ1n) is 4.57. The Bertz CT molecular complexity index is 155. The summed E-state index contributed by atoms with van der Waals surface area (Å²) in [7, 11) is 0. The van der Waals surface area contributed by atoms with Crippen LogP contribution in [0.3, 0.4) is 0 Å². The van der Waals surface area contributed by atoms with Crippen molar-refractivity contribution in [2.45, 2.75) is 51.4 Å². The minimum absolute atomic E-state index is 0.131. The summed E-state index contributed by atoms with van der Waals surface area (Å²) in [5, 5.41) is 29.3. The van der Waals surface area contributed by atoms with E-state index < -0.39 is 24.2 Å². The zero-order chi connectivity index (χ0) is 11.4. The second-order valence-corrected chi connectivity index (χ2v) is 3.85. The van der Waals surface area contributed by atoms with Crippen molar-refractivity contribution in [3.63, 3.8) is 0 Å². The molecule has 0 aromatic rings. The molecule has 0 heterocycles. The van der Waals surface area contributed by atoms with Gasteiger partial charge >= 0.3 is 0 Å². The van der Waals surface area contributed by atoms with Crippen LogP contribution in [0.2, 0.25) is 0 Å².